The van der Waals surface area contributed by atoms with Crippen molar-refractivity contribution < 1.29 is 14.3 Å². The molecule has 3 nitrogen and oxygen atoms in total. The molecule has 3 aliphatic rings. The molecule has 0 aromatic carbocycles. The fraction of sp³-hybridized carbons (Fsp3) is 0.938. The average Bonchev–Trinajstić information content (AvgIpc) is 3.14. The molecule has 0 aromatic rings. The lowest BCUT2D eigenvalue weighted by Gasteiger charge is -2.30. The van der Waals surface area contributed by atoms with Crippen LogP contribution in [0.15, 0.2) is 0 Å². The molecule has 6 unspecified atom stereocenters. The topological polar surface area (TPSA) is 38.8 Å². The molecule has 0 radical (unpaired) electrons. The zero-order chi connectivity index (χ0) is 13.4. The van der Waals surface area contributed by atoms with E-state index in [0.717, 1.165) is 12.8 Å². The van der Waals surface area contributed by atoms with Crippen molar-refractivity contribution in [3.05, 3.63) is 0 Å². The van der Waals surface area contributed by atoms with Crippen LogP contribution in [0.4, 0.5) is 0 Å². The first kappa shape index (κ1) is 13.4. The molecule has 6 atom stereocenters. The fourth-order valence-electron chi connectivity index (χ4n) is 3.87. The van der Waals surface area contributed by atoms with E-state index in [1.54, 1.807) is 0 Å². The molecule has 1 heterocycles. The Morgan fingerprint density at radius 3 is 2.63 bits per heavy atom. The molecule has 2 aliphatic carbocycles. The summed E-state index contributed by atoms with van der Waals surface area (Å²) in [5.74, 6) is 1.81. The van der Waals surface area contributed by atoms with E-state index in [2.05, 4.69) is 13.8 Å². The van der Waals surface area contributed by atoms with Gasteiger partial charge in [0.05, 0.1) is 24.7 Å². The highest BCUT2D eigenvalue weighted by Gasteiger charge is 2.49. The summed E-state index contributed by atoms with van der Waals surface area (Å²) in [6, 6.07) is 0. The Morgan fingerprint density at radius 1 is 1.11 bits per heavy atom. The van der Waals surface area contributed by atoms with Gasteiger partial charge in [-0.2, -0.15) is 0 Å². The van der Waals surface area contributed by atoms with Gasteiger partial charge in [-0.25, -0.2) is 0 Å². The van der Waals surface area contributed by atoms with Crippen molar-refractivity contribution in [3.63, 3.8) is 0 Å². The highest BCUT2D eigenvalue weighted by Crippen LogP contribution is 2.43. The SMILES string of the molecule is CC1CCCCC1COC(=O)C1CC2OC2CC1C. The first-order valence-electron chi connectivity index (χ1n) is 7.97. The molecule has 0 N–H and O–H groups in total. The number of ether oxygens (including phenoxy) is 2. The predicted molar refractivity (Wildman–Crippen MR) is 72.6 cm³/mol. The van der Waals surface area contributed by atoms with Crippen molar-refractivity contribution in [2.75, 3.05) is 6.61 Å². The maximum atomic E-state index is 12.2. The number of carbonyl (C=O) groups is 1. The lowest BCUT2D eigenvalue weighted by Crippen LogP contribution is -2.32. The highest BCUT2D eigenvalue weighted by atomic mass is 16.6. The van der Waals surface area contributed by atoms with Crippen LogP contribution < -0.4 is 0 Å². The van der Waals surface area contributed by atoms with Crippen molar-refractivity contribution in [1.29, 1.82) is 0 Å². The Kier molecular flexibility index (Phi) is 3.84. The molecule has 3 fully saturated rings. The normalized spacial score (nSPS) is 45.4. The van der Waals surface area contributed by atoms with Crippen LogP contribution in [-0.4, -0.2) is 24.8 Å². The standard InChI is InChI=1S/C16H26O3/c1-10-5-3-4-6-12(10)9-18-16(17)13-8-15-14(19-15)7-11(13)2/h10-15H,3-9H2,1-2H3. The fourth-order valence-corrected chi connectivity index (χ4v) is 3.87. The third kappa shape index (κ3) is 2.96. The number of epoxide rings is 1. The van der Waals surface area contributed by atoms with Crippen molar-refractivity contribution >= 4 is 5.97 Å². The number of fused-ring (bicyclic) bond motifs is 1. The molecule has 108 valence electrons. The number of esters is 1. The summed E-state index contributed by atoms with van der Waals surface area (Å²) in [4.78, 5) is 12.2. The molecular formula is C16H26O3. The summed E-state index contributed by atoms with van der Waals surface area (Å²) >= 11 is 0. The van der Waals surface area contributed by atoms with Crippen molar-refractivity contribution in [3.8, 4) is 0 Å². The van der Waals surface area contributed by atoms with Gasteiger partial charge in [0, 0.05) is 0 Å². The molecule has 19 heavy (non-hydrogen) atoms. The van der Waals surface area contributed by atoms with Gasteiger partial charge < -0.3 is 9.47 Å². The van der Waals surface area contributed by atoms with E-state index in [9.17, 15) is 4.79 Å². The average molecular weight is 266 g/mol. The van der Waals surface area contributed by atoms with Crippen LogP contribution in [0, 0.1) is 23.7 Å². The molecule has 0 spiro atoms. The largest absolute Gasteiger partial charge is 0.465 e. The monoisotopic (exact) mass is 266 g/mol. The van der Waals surface area contributed by atoms with E-state index >= 15 is 0 Å². The first-order valence-corrected chi connectivity index (χ1v) is 7.97. The van der Waals surface area contributed by atoms with E-state index < -0.39 is 0 Å². The Bertz CT molecular complexity index is 341. The van der Waals surface area contributed by atoms with Crippen molar-refractivity contribution in [1.82, 2.24) is 0 Å². The first-order chi connectivity index (χ1) is 9.15. The molecule has 0 bridgehead atoms. The van der Waals surface area contributed by atoms with E-state index in [0.29, 0.717) is 36.6 Å². The third-order valence-electron chi connectivity index (χ3n) is 5.50. The van der Waals surface area contributed by atoms with Crippen LogP contribution in [-0.2, 0) is 14.3 Å². The van der Waals surface area contributed by atoms with Crippen molar-refractivity contribution in [2.45, 2.75) is 64.6 Å². The lowest BCUT2D eigenvalue weighted by molar-refractivity contribution is -0.153. The lowest BCUT2D eigenvalue weighted by atomic mass is 9.80. The number of hydrogen-bond donors (Lipinski definition) is 0. The predicted octanol–water partition coefficient (Wildman–Crippen LogP) is 3.17. The smallest absolute Gasteiger partial charge is 0.309 e. The van der Waals surface area contributed by atoms with Gasteiger partial charge >= 0.3 is 5.97 Å². The highest BCUT2D eigenvalue weighted by molar-refractivity contribution is 5.73. The summed E-state index contributed by atoms with van der Waals surface area (Å²) in [6.07, 6.45) is 7.85. The van der Waals surface area contributed by atoms with Crippen LogP contribution in [0.25, 0.3) is 0 Å². The van der Waals surface area contributed by atoms with Crippen molar-refractivity contribution in [2.24, 2.45) is 23.7 Å². The van der Waals surface area contributed by atoms with E-state index in [1.807, 2.05) is 0 Å². The van der Waals surface area contributed by atoms with Gasteiger partial charge in [-0.05, 0) is 37.0 Å². The zero-order valence-electron chi connectivity index (χ0n) is 12.1. The summed E-state index contributed by atoms with van der Waals surface area (Å²) in [5, 5.41) is 0. The zero-order valence-corrected chi connectivity index (χ0v) is 12.1. The molecule has 1 saturated heterocycles. The van der Waals surface area contributed by atoms with Crippen LogP contribution >= 0.6 is 0 Å². The minimum absolute atomic E-state index is 0.0271. The van der Waals surface area contributed by atoms with Crippen LogP contribution in [0.5, 0.6) is 0 Å². The number of hydrogen-bond acceptors (Lipinski definition) is 3. The number of carbonyl (C=O) groups excluding carboxylic acids is 1. The maximum absolute atomic E-state index is 12.2. The minimum Gasteiger partial charge on any atom is -0.465 e. The van der Waals surface area contributed by atoms with Gasteiger partial charge in [0.25, 0.3) is 0 Å². The summed E-state index contributed by atoms with van der Waals surface area (Å²) in [5.41, 5.74) is 0. The van der Waals surface area contributed by atoms with Gasteiger partial charge in [-0.3, -0.25) is 4.79 Å². The van der Waals surface area contributed by atoms with Gasteiger partial charge in [0.15, 0.2) is 0 Å². The second kappa shape index (κ2) is 5.43. The van der Waals surface area contributed by atoms with E-state index in [1.165, 1.54) is 25.7 Å². The maximum Gasteiger partial charge on any atom is 0.309 e. The van der Waals surface area contributed by atoms with Crippen LogP contribution in [0.3, 0.4) is 0 Å². The summed E-state index contributed by atoms with van der Waals surface area (Å²) in [7, 11) is 0. The van der Waals surface area contributed by atoms with Gasteiger partial charge in [0.2, 0.25) is 0 Å². The third-order valence-corrected chi connectivity index (χ3v) is 5.50. The molecule has 0 aromatic heterocycles. The Labute approximate surface area is 116 Å². The van der Waals surface area contributed by atoms with E-state index in [-0.39, 0.29) is 11.9 Å². The number of rotatable bonds is 3. The molecule has 2 saturated carbocycles. The molecular weight excluding hydrogens is 240 g/mol. The molecule has 3 heteroatoms. The van der Waals surface area contributed by atoms with Crippen LogP contribution in [0.2, 0.25) is 0 Å². The summed E-state index contributed by atoms with van der Waals surface area (Å²) in [6.45, 7) is 5.09. The second-order valence-electron chi connectivity index (χ2n) is 6.92. The van der Waals surface area contributed by atoms with E-state index in [4.69, 9.17) is 9.47 Å². The Morgan fingerprint density at radius 2 is 1.84 bits per heavy atom. The van der Waals surface area contributed by atoms with Crippen LogP contribution in [0.1, 0.15) is 52.4 Å². The van der Waals surface area contributed by atoms with Gasteiger partial charge in [-0.1, -0.05) is 33.1 Å². The molecule has 0 amide bonds. The molecule has 3 rings (SSSR count). The second-order valence-corrected chi connectivity index (χ2v) is 6.92. The molecule has 1 aliphatic heterocycles. The minimum atomic E-state index is 0.0271. The Hall–Kier alpha value is -0.570. The van der Waals surface area contributed by atoms with Gasteiger partial charge in [-0.15, -0.1) is 0 Å². The summed E-state index contributed by atoms with van der Waals surface area (Å²) < 4.78 is 11.2. The quantitative estimate of drug-likeness (QED) is 0.582. The Balaban J connectivity index is 1.47. The van der Waals surface area contributed by atoms with Gasteiger partial charge in [0.1, 0.15) is 0 Å².